The minimum absolute atomic E-state index is 0.127. The summed E-state index contributed by atoms with van der Waals surface area (Å²) in [5.74, 6) is 1.13. The van der Waals surface area contributed by atoms with Gasteiger partial charge in [-0.1, -0.05) is 17.3 Å². The zero-order valence-electron chi connectivity index (χ0n) is 14.0. The topological polar surface area (TPSA) is 74.5 Å². The molecule has 1 aromatic heterocycles. The van der Waals surface area contributed by atoms with Crippen molar-refractivity contribution in [2.75, 3.05) is 32.6 Å². The molecule has 0 unspecified atom stereocenters. The molecule has 1 heterocycles. The fourth-order valence-corrected chi connectivity index (χ4v) is 2.10. The van der Waals surface area contributed by atoms with Crippen LogP contribution in [0.5, 0.6) is 0 Å². The van der Waals surface area contributed by atoms with E-state index in [0.717, 1.165) is 11.3 Å². The minimum Gasteiger partial charge on any atom is -0.378 e. The first-order chi connectivity index (χ1) is 11.0. The Labute approximate surface area is 136 Å². The van der Waals surface area contributed by atoms with Gasteiger partial charge in [0, 0.05) is 46.3 Å². The van der Waals surface area contributed by atoms with Crippen molar-refractivity contribution in [3.8, 4) is 0 Å². The van der Waals surface area contributed by atoms with Gasteiger partial charge in [-0.25, -0.2) is 4.79 Å². The fraction of sp³-hybridized carbons (Fsp3) is 0.438. The van der Waals surface area contributed by atoms with Gasteiger partial charge in [-0.3, -0.25) is 0 Å². The molecule has 0 atom stereocenters. The van der Waals surface area contributed by atoms with Crippen molar-refractivity contribution in [3.05, 3.63) is 41.5 Å². The maximum atomic E-state index is 12.1. The number of rotatable bonds is 6. The average molecular weight is 317 g/mol. The Hall–Kier alpha value is -2.57. The van der Waals surface area contributed by atoms with Crippen LogP contribution >= 0.6 is 0 Å². The van der Waals surface area contributed by atoms with Gasteiger partial charge in [-0.15, -0.1) is 0 Å². The first-order valence-electron chi connectivity index (χ1n) is 7.50. The average Bonchev–Trinajstić information content (AvgIpc) is 2.93. The molecule has 124 valence electrons. The maximum absolute atomic E-state index is 12.1. The summed E-state index contributed by atoms with van der Waals surface area (Å²) in [5.41, 5.74) is 2.22. The lowest BCUT2D eigenvalue weighted by molar-refractivity contribution is 0.206. The zero-order chi connectivity index (χ0) is 16.8. The van der Waals surface area contributed by atoms with E-state index in [1.54, 1.807) is 18.9 Å². The van der Waals surface area contributed by atoms with Crippen LogP contribution < -0.4 is 10.2 Å². The third-order valence-electron chi connectivity index (χ3n) is 3.40. The third kappa shape index (κ3) is 4.98. The largest absolute Gasteiger partial charge is 0.378 e. The fourth-order valence-electron chi connectivity index (χ4n) is 2.10. The van der Waals surface area contributed by atoms with E-state index in [9.17, 15) is 4.79 Å². The third-order valence-corrected chi connectivity index (χ3v) is 3.40. The monoisotopic (exact) mass is 317 g/mol. The SMILES string of the molecule is Cc1noc(CCNC(=O)N(C)Cc2ccc(N(C)C)cc2)n1. The molecule has 0 aliphatic carbocycles. The van der Waals surface area contributed by atoms with Crippen LogP contribution in [-0.2, 0) is 13.0 Å². The summed E-state index contributed by atoms with van der Waals surface area (Å²) in [7, 11) is 5.77. The molecule has 2 rings (SSSR count). The molecular weight excluding hydrogens is 294 g/mol. The summed E-state index contributed by atoms with van der Waals surface area (Å²) in [6.45, 7) is 2.78. The van der Waals surface area contributed by atoms with Gasteiger partial charge in [0.25, 0.3) is 0 Å². The number of urea groups is 1. The minimum atomic E-state index is -0.127. The molecule has 0 radical (unpaired) electrons. The van der Waals surface area contributed by atoms with Crippen LogP contribution in [0.3, 0.4) is 0 Å². The van der Waals surface area contributed by atoms with E-state index in [1.807, 2.05) is 43.3 Å². The summed E-state index contributed by atoms with van der Waals surface area (Å²) >= 11 is 0. The van der Waals surface area contributed by atoms with Gasteiger partial charge in [0.15, 0.2) is 5.82 Å². The van der Waals surface area contributed by atoms with Gasteiger partial charge < -0.3 is 19.6 Å². The number of hydrogen-bond acceptors (Lipinski definition) is 5. The Morgan fingerprint density at radius 3 is 2.48 bits per heavy atom. The molecule has 0 saturated heterocycles. The van der Waals surface area contributed by atoms with Crippen LogP contribution in [0.2, 0.25) is 0 Å². The number of aromatic nitrogens is 2. The maximum Gasteiger partial charge on any atom is 0.317 e. The molecule has 0 bridgehead atoms. The molecule has 0 spiro atoms. The number of anilines is 1. The van der Waals surface area contributed by atoms with Gasteiger partial charge in [-0.05, 0) is 24.6 Å². The quantitative estimate of drug-likeness (QED) is 0.880. The molecule has 1 N–H and O–H groups in total. The lowest BCUT2D eigenvalue weighted by Crippen LogP contribution is -2.37. The Kier molecular flexibility index (Phi) is 5.56. The molecule has 0 saturated carbocycles. The number of aryl methyl sites for hydroxylation is 1. The predicted octanol–water partition coefficient (Wildman–Crippen LogP) is 1.83. The molecule has 7 heteroatoms. The molecular formula is C16H23N5O2. The van der Waals surface area contributed by atoms with E-state index >= 15 is 0 Å². The van der Waals surface area contributed by atoms with Crippen LogP contribution in [0.15, 0.2) is 28.8 Å². The zero-order valence-corrected chi connectivity index (χ0v) is 14.0. The van der Waals surface area contributed by atoms with Gasteiger partial charge in [-0.2, -0.15) is 4.98 Å². The van der Waals surface area contributed by atoms with Crippen LogP contribution in [0.1, 0.15) is 17.3 Å². The Balaban J connectivity index is 1.77. The van der Waals surface area contributed by atoms with Crippen LogP contribution in [0, 0.1) is 6.92 Å². The molecule has 23 heavy (non-hydrogen) atoms. The van der Waals surface area contributed by atoms with Gasteiger partial charge in [0.05, 0.1) is 0 Å². The summed E-state index contributed by atoms with van der Waals surface area (Å²) in [4.78, 5) is 19.8. The molecule has 0 aliphatic rings. The van der Waals surface area contributed by atoms with Gasteiger partial charge in [0.1, 0.15) is 0 Å². The number of carbonyl (C=O) groups excluding carboxylic acids is 1. The van der Waals surface area contributed by atoms with Gasteiger partial charge in [0.2, 0.25) is 5.89 Å². The van der Waals surface area contributed by atoms with Crippen molar-refractivity contribution in [3.63, 3.8) is 0 Å². The van der Waals surface area contributed by atoms with Crippen molar-refractivity contribution in [2.24, 2.45) is 0 Å². The normalized spacial score (nSPS) is 10.4. The van der Waals surface area contributed by atoms with Gasteiger partial charge >= 0.3 is 6.03 Å². The molecule has 2 aromatic rings. The van der Waals surface area contributed by atoms with E-state index in [2.05, 4.69) is 15.5 Å². The number of nitrogens with one attached hydrogen (secondary N) is 1. The predicted molar refractivity (Wildman–Crippen MR) is 88.4 cm³/mol. The van der Waals surface area contributed by atoms with Crippen LogP contribution in [0.25, 0.3) is 0 Å². The number of nitrogens with zero attached hydrogens (tertiary/aromatic N) is 4. The Morgan fingerprint density at radius 2 is 1.91 bits per heavy atom. The second-order valence-corrected chi connectivity index (χ2v) is 5.63. The van der Waals surface area contributed by atoms with Crippen molar-refractivity contribution in [1.82, 2.24) is 20.4 Å². The second kappa shape index (κ2) is 7.62. The number of carbonyl (C=O) groups is 1. The Bertz CT molecular complexity index is 636. The van der Waals surface area contributed by atoms with E-state index in [4.69, 9.17) is 4.52 Å². The summed E-state index contributed by atoms with van der Waals surface area (Å²) < 4.78 is 5.00. The van der Waals surface area contributed by atoms with E-state index in [1.165, 1.54) is 0 Å². The van der Waals surface area contributed by atoms with Crippen LogP contribution in [0.4, 0.5) is 10.5 Å². The highest BCUT2D eigenvalue weighted by atomic mass is 16.5. The lowest BCUT2D eigenvalue weighted by atomic mass is 10.2. The molecule has 0 aliphatic heterocycles. The number of amides is 2. The molecule has 7 nitrogen and oxygen atoms in total. The number of hydrogen-bond donors (Lipinski definition) is 1. The van der Waals surface area contributed by atoms with Crippen molar-refractivity contribution >= 4 is 11.7 Å². The molecule has 2 amide bonds. The smallest absolute Gasteiger partial charge is 0.317 e. The standard InChI is InChI=1S/C16H23N5O2/c1-12-18-15(23-19-12)9-10-17-16(22)21(4)11-13-5-7-14(8-6-13)20(2)3/h5-8H,9-11H2,1-4H3,(H,17,22). The van der Waals surface area contributed by atoms with Crippen molar-refractivity contribution < 1.29 is 9.32 Å². The highest BCUT2D eigenvalue weighted by molar-refractivity contribution is 5.73. The summed E-state index contributed by atoms with van der Waals surface area (Å²) in [6, 6.07) is 8.01. The Morgan fingerprint density at radius 1 is 1.22 bits per heavy atom. The first kappa shape index (κ1) is 16.8. The summed E-state index contributed by atoms with van der Waals surface area (Å²) in [6.07, 6.45) is 0.526. The van der Waals surface area contributed by atoms with Crippen LogP contribution in [-0.4, -0.2) is 48.8 Å². The highest BCUT2D eigenvalue weighted by Gasteiger charge is 2.10. The lowest BCUT2D eigenvalue weighted by Gasteiger charge is -2.19. The van der Waals surface area contributed by atoms with Crippen molar-refractivity contribution in [2.45, 2.75) is 19.9 Å². The highest BCUT2D eigenvalue weighted by Crippen LogP contribution is 2.13. The van der Waals surface area contributed by atoms with E-state index < -0.39 is 0 Å². The molecule has 1 aromatic carbocycles. The van der Waals surface area contributed by atoms with Crippen molar-refractivity contribution in [1.29, 1.82) is 0 Å². The van der Waals surface area contributed by atoms with E-state index in [-0.39, 0.29) is 6.03 Å². The number of benzene rings is 1. The molecule has 0 fully saturated rings. The summed E-state index contributed by atoms with van der Waals surface area (Å²) in [5, 5.41) is 6.55. The second-order valence-electron chi connectivity index (χ2n) is 5.63. The first-order valence-corrected chi connectivity index (χ1v) is 7.50. The van der Waals surface area contributed by atoms with E-state index in [0.29, 0.717) is 31.2 Å².